The molecule has 0 unspecified atom stereocenters. The smallest absolute Gasteiger partial charge is 0.263 e. The van der Waals surface area contributed by atoms with Gasteiger partial charge in [-0.1, -0.05) is 13.8 Å². The van der Waals surface area contributed by atoms with Crippen LogP contribution < -0.4 is 5.32 Å². The number of carbonyl (C=O) groups excluding carboxylic acids is 1. The minimum Gasteiger partial charge on any atom is -0.346 e. The molecule has 0 aromatic carbocycles. The van der Waals surface area contributed by atoms with E-state index in [1.165, 1.54) is 21.1 Å². The van der Waals surface area contributed by atoms with Gasteiger partial charge in [0, 0.05) is 16.2 Å². The molecule has 0 aliphatic rings. The minimum absolute atomic E-state index is 0.0129. The summed E-state index contributed by atoms with van der Waals surface area (Å²) in [4.78, 5) is 19.9. The summed E-state index contributed by atoms with van der Waals surface area (Å²) >= 11 is 3.23. The van der Waals surface area contributed by atoms with E-state index in [4.69, 9.17) is 0 Å². The lowest BCUT2D eigenvalue weighted by Gasteiger charge is -2.01. The zero-order valence-electron chi connectivity index (χ0n) is 12.3. The topological polar surface area (TPSA) is 42.0 Å². The molecule has 20 heavy (non-hydrogen) atoms. The second kappa shape index (κ2) is 6.50. The van der Waals surface area contributed by atoms with Crippen LogP contribution in [0.15, 0.2) is 12.1 Å². The van der Waals surface area contributed by atoms with E-state index in [0.29, 0.717) is 12.5 Å². The molecule has 0 aliphatic carbocycles. The van der Waals surface area contributed by atoms with E-state index in [2.05, 4.69) is 43.2 Å². The number of thiophene rings is 1. The molecule has 1 N–H and O–H groups in total. The van der Waals surface area contributed by atoms with E-state index in [0.717, 1.165) is 22.0 Å². The van der Waals surface area contributed by atoms with E-state index < -0.39 is 0 Å². The molecule has 0 radical (unpaired) electrons. The third kappa shape index (κ3) is 3.90. The minimum atomic E-state index is -0.0129. The Morgan fingerprint density at radius 1 is 1.30 bits per heavy atom. The number of amides is 1. The number of thiazole rings is 1. The van der Waals surface area contributed by atoms with Gasteiger partial charge in [0.2, 0.25) is 0 Å². The van der Waals surface area contributed by atoms with Crippen molar-refractivity contribution >= 4 is 28.6 Å². The second-order valence-corrected chi connectivity index (χ2v) is 7.77. The first-order valence-corrected chi connectivity index (χ1v) is 8.39. The van der Waals surface area contributed by atoms with Crippen molar-refractivity contribution in [1.29, 1.82) is 0 Å². The van der Waals surface area contributed by atoms with Gasteiger partial charge in [-0.15, -0.1) is 22.7 Å². The molecule has 2 aromatic rings. The molecule has 0 bridgehead atoms. The van der Waals surface area contributed by atoms with Crippen LogP contribution in [-0.4, -0.2) is 10.9 Å². The van der Waals surface area contributed by atoms with Crippen LogP contribution in [0.5, 0.6) is 0 Å². The SMILES string of the molecule is Cc1ccc(CNC(=O)c2sc(CC(C)C)nc2C)s1. The maximum atomic E-state index is 12.2. The van der Waals surface area contributed by atoms with Gasteiger partial charge < -0.3 is 5.32 Å². The number of nitrogens with one attached hydrogen (secondary N) is 1. The first-order chi connectivity index (χ1) is 9.45. The van der Waals surface area contributed by atoms with Crippen molar-refractivity contribution in [2.24, 2.45) is 5.92 Å². The highest BCUT2D eigenvalue weighted by Gasteiger charge is 2.15. The monoisotopic (exact) mass is 308 g/mol. The van der Waals surface area contributed by atoms with E-state index in [1.807, 2.05) is 6.92 Å². The highest BCUT2D eigenvalue weighted by atomic mass is 32.1. The van der Waals surface area contributed by atoms with Crippen molar-refractivity contribution in [2.45, 2.75) is 40.7 Å². The fraction of sp³-hybridized carbons (Fsp3) is 0.467. The third-order valence-corrected chi connectivity index (χ3v) is 5.03. The molecule has 0 aliphatic heterocycles. The molecular formula is C15H20N2OS2. The molecule has 3 nitrogen and oxygen atoms in total. The van der Waals surface area contributed by atoms with Gasteiger partial charge in [-0.2, -0.15) is 0 Å². The van der Waals surface area contributed by atoms with Crippen LogP contribution in [0.2, 0.25) is 0 Å². The summed E-state index contributed by atoms with van der Waals surface area (Å²) in [5.74, 6) is 0.548. The Labute approximate surface area is 128 Å². The fourth-order valence-electron chi connectivity index (χ4n) is 1.93. The van der Waals surface area contributed by atoms with Crippen LogP contribution in [0.1, 0.15) is 44.0 Å². The molecule has 0 spiro atoms. The summed E-state index contributed by atoms with van der Waals surface area (Å²) < 4.78 is 0. The van der Waals surface area contributed by atoms with Crippen molar-refractivity contribution in [2.75, 3.05) is 0 Å². The Kier molecular flexibility index (Phi) is 4.94. The van der Waals surface area contributed by atoms with Crippen LogP contribution in [-0.2, 0) is 13.0 Å². The van der Waals surface area contributed by atoms with Gasteiger partial charge in [-0.25, -0.2) is 4.98 Å². The Hall–Kier alpha value is -1.20. The molecule has 0 saturated carbocycles. The van der Waals surface area contributed by atoms with Crippen LogP contribution in [0.25, 0.3) is 0 Å². The molecule has 0 atom stereocenters. The van der Waals surface area contributed by atoms with E-state index in [9.17, 15) is 4.79 Å². The third-order valence-electron chi connectivity index (χ3n) is 2.85. The lowest BCUT2D eigenvalue weighted by molar-refractivity contribution is 0.0954. The van der Waals surface area contributed by atoms with Gasteiger partial charge in [0.25, 0.3) is 5.91 Å². The summed E-state index contributed by atoms with van der Waals surface area (Å²) in [5.41, 5.74) is 0.838. The molecule has 2 aromatic heterocycles. The van der Waals surface area contributed by atoms with Crippen LogP contribution in [0.4, 0.5) is 0 Å². The Morgan fingerprint density at radius 3 is 2.65 bits per heavy atom. The number of hydrogen-bond acceptors (Lipinski definition) is 4. The lowest BCUT2D eigenvalue weighted by atomic mass is 10.1. The van der Waals surface area contributed by atoms with Crippen LogP contribution >= 0.6 is 22.7 Å². The van der Waals surface area contributed by atoms with E-state index in [-0.39, 0.29) is 5.91 Å². The van der Waals surface area contributed by atoms with Crippen molar-refractivity contribution in [3.63, 3.8) is 0 Å². The number of carbonyl (C=O) groups is 1. The number of aryl methyl sites for hydroxylation is 2. The summed E-state index contributed by atoms with van der Waals surface area (Å²) in [6.07, 6.45) is 0.933. The average molecular weight is 308 g/mol. The van der Waals surface area contributed by atoms with Gasteiger partial charge in [0.15, 0.2) is 0 Å². The number of rotatable bonds is 5. The van der Waals surface area contributed by atoms with Crippen molar-refractivity contribution in [1.82, 2.24) is 10.3 Å². The Balaban J connectivity index is 2.00. The molecule has 0 fully saturated rings. The van der Waals surface area contributed by atoms with Gasteiger partial charge in [-0.05, 0) is 31.9 Å². The van der Waals surface area contributed by atoms with Crippen LogP contribution in [0, 0.1) is 19.8 Å². The second-order valence-electron chi connectivity index (χ2n) is 5.32. The normalized spacial score (nSPS) is 11.1. The quantitative estimate of drug-likeness (QED) is 0.908. The number of nitrogens with zero attached hydrogens (tertiary/aromatic N) is 1. The standard InChI is InChI=1S/C15H20N2OS2/c1-9(2)7-13-17-11(4)14(20-13)15(18)16-8-12-6-5-10(3)19-12/h5-6,9H,7-8H2,1-4H3,(H,16,18). The van der Waals surface area contributed by atoms with Gasteiger partial charge in [0.1, 0.15) is 4.88 Å². The molecule has 2 rings (SSSR count). The van der Waals surface area contributed by atoms with E-state index in [1.54, 1.807) is 11.3 Å². The van der Waals surface area contributed by atoms with Crippen LogP contribution in [0.3, 0.4) is 0 Å². The summed E-state index contributed by atoms with van der Waals surface area (Å²) in [5, 5.41) is 4.03. The molecule has 2 heterocycles. The zero-order valence-corrected chi connectivity index (χ0v) is 14.0. The average Bonchev–Trinajstić information content (AvgIpc) is 2.92. The number of aromatic nitrogens is 1. The molecule has 0 saturated heterocycles. The first-order valence-electron chi connectivity index (χ1n) is 6.75. The first kappa shape index (κ1) is 15.2. The zero-order chi connectivity index (χ0) is 14.7. The molecule has 1 amide bonds. The van der Waals surface area contributed by atoms with Gasteiger partial charge in [-0.3, -0.25) is 4.79 Å². The van der Waals surface area contributed by atoms with Gasteiger partial charge in [0.05, 0.1) is 17.2 Å². The Bertz CT molecular complexity index is 599. The maximum absolute atomic E-state index is 12.2. The molecule has 5 heteroatoms. The molecular weight excluding hydrogens is 288 g/mol. The largest absolute Gasteiger partial charge is 0.346 e. The lowest BCUT2D eigenvalue weighted by Crippen LogP contribution is -2.22. The highest BCUT2D eigenvalue weighted by Crippen LogP contribution is 2.21. The van der Waals surface area contributed by atoms with E-state index >= 15 is 0 Å². The predicted octanol–water partition coefficient (Wildman–Crippen LogP) is 3.95. The maximum Gasteiger partial charge on any atom is 0.263 e. The Morgan fingerprint density at radius 2 is 2.05 bits per heavy atom. The van der Waals surface area contributed by atoms with Crippen molar-refractivity contribution < 1.29 is 4.79 Å². The van der Waals surface area contributed by atoms with Crippen molar-refractivity contribution in [3.05, 3.63) is 37.5 Å². The summed E-state index contributed by atoms with van der Waals surface area (Å²) in [6.45, 7) is 8.89. The predicted molar refractivity (Wildman–Crippen MR) is 85.6 cm³/mol. The summed E-state index contributed by atoms with van der Waals surface area (Å²) in [6, 6.07) is 4.13. The van der Waals surface area contributed by atoms with Gasteiger partial charge >= 0.3 is 0 Å². The number of hydrogen-bond donors (Lipinski definition) is 1. The molecule has 108 valence electrons. The van der Waals surface area contributed by atoms with Crippen molar-refractivity contribution in [3.8, 4) is 0 Å². The highest BCUT2D eigenvalue weighted by molar-refractivity contribution is 7.13. The fourth-order valence-corrected chi connectivity index (χ4v) is 3.95. The summed E-state index contributed by atoms with van der Waals surface area (Å²) in [7, 11) is 0.